The van der Waals surface area contributed by atoms with Crippen molar-refractivity contribution in [1.29, 1.82) is 0 Å². The van der Waals surface area contributed by atoms with Gasteiger partial charge in [-0.1, -0.05) is 18.2 Å². The minimum atomic E-state index is -0.0654. The van der Waals surface area contributed by atoms with E-state index < -0.39 is 0 Å². The number of halogens is 1. The van der Waals surface area contributed by atoms with Gasteiger partial charge < -0.3 is 20.7 Å². The Labute approximate surface area is 212 Å². The summed E-state index contributed by atoms with van der Waals surface area (Å²) in [4.78, 5) is 20.0. The van der Waals surface area contributed by atoms with Gasteiger partial charge in [0.1, 0.15) is 0 Å². The quantitative estimate of drug-likeness (QED) is 0.258. The Kier molecular flexibility index (Phi) is 11.4. The van der Waals surface area contributed by atoms with Crippen LogP contribution in [0, 0.1) is 0 Å². The molecule has 0 spiro atoms. The number of carbonyl (C=O) groups excluding carboxylic acids is 1. The molecule has 0 aliphatic carbocycles. The molecule has 2 heterocycles. The number of carbonyl (C=O) groups is 1. The van der Waals surface area contributed by atoms with Crippen LogP contribution >= 0.6 is 35.3 Å². The maximum Gasteiger partial charge on any atom is 0.251 e. The van der Waals surface area contributed by atoms with E-state index in [9.17, 15) is 4.79 Å². The number of morpholine rings is 1. The van der Waals surface area contributed by atoms with E-state index in [-0.39, 0.29) is 42.0 Å². The molecular weight excluding hydrogens is 537 g/mol. The predicted octanol–water partition coefficient (Wildman–Crippen LogP) is 2.90. The average Bonchev–Trinajstić information content (AvgIpc) is 3.32. The summed E-state index contributed by atoms with van der Waals surface area (Å²) in [5, 5.41) is 11.7. The lowest BCUT2D eigenvalue weighted by atomic mass is 10.1. The third-order valence-corrected chi connectivity index (χ3v) is 6.37. The minimum Gasteiger partial charge on any atom is -0.376 e. The summed E-state index contributed by atoms with van der Waals surface area (Å²) < 4.78 is 5.73. The van der Waals surface area contributed by atoms with Crippen molar-refractivity contribution < 1.29 is 9.53 Å². The monoisotopic (exact) mass is 571 g/mol. The first-order valence-electron chi connectivity index (χ1n) is 10.7. The van der Waals surface area contributed by atoms with Gasteiger partial charge >= 0.3 is 0 Å². The second kappa shape index (κ2) is 13.8. The molecule has 2 aromatic rings. The topological polar surface area (TPSA) is 78.0 Å². The number of ether oxygens (including phenoxy) is 1. The number of hydrogen-bond acceptors (Lipinski definition) is 5. The van der Waals surface area contributed by atoms with Gasteiger partial charge in [-0.2, -0.15) is 0 Å². The summed E-state index contributed by atoms with van der Waals surface area (Å²) in [6, 6.07) is 12.3. The van der Waals surface area contributed by atoms with Crippen LogP contribution in [-0.2, 0) is 11.2 Å². The Morgan fingerprint density at radius 3 is 2.84 bits per heavy atom. The average molecular weight is 572 g/mol. The predicted molar refractivity (Wildman–Crippen MR) is 142 cm³/mol. The second-order valence-corrected chi connectivity index (χ2v) is 8.60. The summed E-state index contributed by atoms with van der Waals surface area (Å²) in [5.41, 5.74) is 1.80. The summed E-state index contributed by atoms with van der Waals surface area (Å²) >= 11 is 1.79. The van der Waals surface area contributed by atoms with E-state index in [1.165, 1.54) is 4.88 Å². The van der Waals surface area contributed by atoms with Crippen LogP contribution in [-0.4, -0.2) is 69.8 Å². The normalized spacial score (nSPS) is 17.8. The fourth-order valence-electron chi connectivity index (χ4n) is 3.77. The SMILES string of the molecule is CN=C(NCCc1cccc(C(=O)NC)c1)NCC(c1cccs1)N1CCOC(C)C1.I. The molecule has 1 amide bonds. The molecule has 2 atom stereocenters. The van der Waals surface area contributed by atoms with Crippen molar-refractivity contribution >= 4 is 47.2 Å². The fourth-order valence-corrected chi connectivity index (χ4v) is 4.63. The van der Waals surface area contributed by atoms with Gasteiger partial charge in [-0.15, -0.1) is 35.3 Å². The molecule has 0 saturated carbocycles. The van der Waals surface area contributed by atoms with E-state index in [0.717, 1.165) is 50.7 Å². The van der Waals surface area contributed by atoms with Crippen LogP contribution in [0.4, 0.5) is 0 Å². The number of nitrogens with one attached hydrogen (secondary N) is 3. The molecule has 0 bridgehead atoms. The molecule has 1 aromatic heterocycles. The first-order valence-corrected chi connectivity index (χ1v) is 11.6. The van der Waals surface area contributed by atoms with Crippen LogP contribution in [0.3, 0.4) is 0 Å². The first-order chi connectivity index (χ1) is 15.1. The van der Waals surface area contributed by atoms with Crippen molar-refractivity contribution in [1.82, 2.24) is 20.9 Å². The van der Waals surface area contributed by atoms with Crippen molar-refractivity contribution in [2.45, 2.75) is 25.5 Å². The molecule has 7 nitrogen and oxygen atoms in total. The van der Waals surface area contributed by atoms with Gasteiger partial charge in [0, 0.05) is 50.7 Å². The standard InChI is InChI=1S/C23H33N5O2S.HI/c1-17-16-28(11-12-30-17)20(21-8-5-13-31-21)15-27-23(25-3)26-10-9-18-6-4-7-19(14-18)22(29)24-2;/h4-8,13-14,17,20H,9-12,15-16H2,1-3H3,(H,24,29)(H2,25,26,27);1H. The number of nitrogens with zero attached hydrogens (tertiary/aromatic N) is 2. The first kappa shape index (κ1) is 26.6. The summed E-state index contributed by atoms with van der Waals surface area (Å²) in [7, 11) is 3.44. The molecule has 1 saturated heterocycles. The van der Waals surface area contributed by atoms with E-state index >= 15 is 0 Å². The number of hydrogen-bond donors (Lipinski definition) is 3. The zero-order valence-electron chi connectivity index (χ0n) is 19.0. The molecule has 176 valence electrons. The van der Waals surface area contributed by atoms with Crippen molar-refractivity contribution in [3.63, 3.8) is 0 Å². The summed E-state index contributed by atoms with van der Waals surface area (Å²) in [6.45, 7) is 6.27. The molecule has 1 fully saturated rings. The van der Waals surface area contributed by atoms with E-state index in [1.807, 2.05) is 24.3 Å². The molecule has 9 heteroatoms. The van der Waals surface area contributed by atoms with Crippen molar-refractivity contribution in [2.24, 2.45) is 4.99 Å². The third-order valence-electron chi connectivity index (χ3n) is 5.39. The lowest BCUT2D eigenvalue weighted by Gasteiger charge is -2.37. The molecule has 32 heavy (non-hydrogen) atoms. The largest absolute Gasteiger partial charge is 0.376 e. The molecule has 1 aromatic carbocycles. The number of aliphatic imine (C=N–C) groups is 1. The summed E-state index contributed by atoms with van der Waals surface area (Å²) in [5.74, 6) is 0.717. The highest BCUT2D eigenvalue weighted by atomic mass is 127. The van der Waals surface area contributed by atoms with Gasteiger partial charge in [0.2, 0.25) is 0 Å². The van der Waals surface area contributed by atoms with Crippen LogP contribution in [0.25, 0.3) is 0 Å². The van der Waals surface area contributed by atoms with Crippen LogP contribution in [0.15, 0.2) is 46.8 Å². The van der Waals surface area contributed by atoms with Crippen LogP contribution in [0.5, 0.6) is 0 Å². The Balaban J connectivity index is 0.00000363. The smallest absolute Gasteiger partial charge is 0.251 e. The lowest BCUT2D eigenvalue weighted by molar-refractivity contribution is -0.0334. The van der Waals surface area contributed by atoms with E-state index in [4.69, 9.17) is 4.74 Å². The zero-order chi connectivity index (χ0) is 22.1. The minimum absolute atomic E-state index is 0. The Bertz CT molecular complexity index is 862. The molecule has 3 rings (SSSR count). The molecule has 0 radical (unpaired) electrons. The molecule has 1 aliphatic heterocycles. The molecule has 3 N–H and O–H groups in total. The van der Waals surface area contributed by atoms with Gasteiger partial charge in [-0.05, 0) is 42.5 Å². The number of rotatable bonds is 8. The van der Waals surface area contributed by atoms with E-state index in [1.54, 1.807) is 25.4 Å². The highest BCUT2D eigenvalue weighted by molar-refractivity contribution is 14.0. The van der Waals surface area contributed by atoms with Crippen LogP contribution in [0.1, 0.15) is 33.8 Å². The number of thiophene rings is 1. The molecule has 1 aliphatic rings. The van der Waals surface area contributed by atoms with Gasteiger partial charge in [0.15, 0.2) is 5.96 Å². The van der Waals surface area contributed by atoms with Gasteiger partial charge in [0.25, 0.3) is 5.91 Å². The van der Waals surface area contributed by atoms with Crippen LogP contribution < -0.4 is 16.0 Å². The Morgan fingerprint density at radius 1 is 1.31 bits per heavy atom. The van der Waals surface area contributed by atoms with Gasteiger partial charge in [-0.3, -0.25) is 14.7 Å². The van der Waals surface area contributed by atoms with Gasteiger partial charge in [0.05, 0.1) is 18.8 Å². The lowest BCUT2D eigenvalue weighted by Crippen LogP contribution is -2.48. The van der Waals surface area contributed by atoms with Gasteiger partial charge in [-0.25, -0.2) is 0 Å². The van der Waals surface area contributed by atoms with Crippen molar-refractivity contribution in [2.75, 3.05) is 46.9 Å². The van der Waals surface area contributed by atoms with Crippen molar-refractivity contribution in [3.8, 4) is 0 Å². The van der Waals surface area contributed by atoms with E-state index in [0.29, 0.717) is 5.56 Å². The molecule has 2 unspecified atom stereocenters. The highest BCUT2D eigenvalue weighted by Gasteiger charge is 2.26. The maximum absolute atomic E-state index is 11.8. The Morgan fingerprint density at radius 2 is 2.16 bits per heavy atom. The zero-order valence-corrected chi connectivity index (χ0v) is 22.1. The number of amides is 1. The fraction of sp³-hybridized carbons (Fsp3) is 0.478. The van der Waals surface area contributed by atoms with E-state index in [2.05, 4.69) is 50.3 Å². The number of benzene rings is 1. The third kappa shape index (κ3) is 7.72. The second-order valence-electron chi connectivity index (χ2n) is 7.62. The summed E-state index contributed by atoms with van der Waals surface area (Å²) in [6.07, 6.45) is 1.06. The van der Waals surface area contributed by atoms with Crippen molar-refractivity contribution in [3.05, 3.63) is 57.8 Å². The van der Waals surface area contributed by atoms with Crippen LogP contribution in [0.2, 0.25) is 0 Å². The maximum atomic E-state index is 11.8. The highest BCUT2D eigenvalue weighted by Crippen LogP contribution is 2.26. The molecular formula is C23H34IN5O2S. The number of guanidine groups is 1. The Hall–Kier alpha value is -1.69.